The van der Waals surface area contributed by atoms with E-state index in [2.05, 4.69) is 4.98 Å². The van der Waals surface area contributed by atoms with Gasteiger partial charge in [0.05, 0.1) is 11.6 Å². The molecule has 2 amide bonds. The zero-order valence-corrected chi connectivity index (χ0v) is 14.0. The van der Waals surface area contributed by atoms with Crippen molar-refractivity contribution in [3.8, 4) is 0 Å². The monoisotopic (exact) mass is 321 g/mol. The molecular weight excluding hydrogens is 298 g/mol. The third-order valence-electron chi connectivity index (χ3n) is 4.87. The van der Waals surface area contributed by atoms with Gasteiger partial charge in [0, 0.05) is 43.0 Å². The Balaban J connectivity index is 1.53. The molecule has 1 atom stereocenters. The third kappa shape index (κ3) is 3.16. The normalized spacial score (nSPS) is 20.7. The molecule has 0 spiro atoms. The largest absolute Gasteiger partial charge is 0.342 e. The van der Waals surface area contributed by atoms with Gasteiger partial charge in [-0.3, -0.25) is 14.6 Å². The first-order valence-electron chi connectivity index (χ1n) is 8.01. The van der Waals surface area contributed by atoms with E-state index < -0.39 is 0 Å². The molecule has 0 aromatic carbocycles. The van der Waals surface area contributed by atoms with Crippen LogP contribution in [-0.4, -0.2) is 46.7 Å². The zero-order chi connectivity index (χ0) is 15.7. The number of hydrogen-bond donors (Lipinski definition) is 0. The van der Waals surface area contributed by atoms with E-state index >= 15 is 0 Å². The molecule has 2 heterocycles. The Morgan fingerprint density at radius 1 is 1.27 bits per heavy atom. The molecule has 0 radical (unpaired) electrons. The fourth-order valence-electron chi connectivity index (χ4n) is 3.04. The summed E-state index contributed by atoms with van der Waals surface area (Å²) in [6, 6.07) is 0.0612. The SMILES string of the molecule is CC(c1cncs1)N(C)C(=O)C1CCN(C(=O)C2CC2)CC1. The number of aromatic nitrogens is 1. The molecule has 1 saturated carbocycles. The van der Waals surface area contributed by atoms with Crippen molar-refractivity contribution in [1.82, 2.24) is 14.8 Å². The maximum atomic E-state index is 12.7. The van der Waals surface area contributed by atoms with Crippen LogP contribution >= 0.6 is 11.3 Å². The molecule has 1 aliphatic carbocycles. The Morgan fingerprint density at radius 2 is 1.95 bits per heavy atom. The van der Waals surface area contributed by atoms with Crippen molar-refractivity contribution in [3.05, 3.63) is 16.6 Å². The average Bonchev–Trinajstić information content (AvgIpc) is 3.26. The van der Waals surface area contributed by atoms with Gasteiger partial charge in [0.2, 0.25) is 11.8 Å². The molecule has 2 fully saturated rings. The lowest BCUT2D eigenvalue weighted by Gasteiger charge is -2.34. The van der Waals surface area contributed by atoms with E-state index in [1.165, 1.54) is 0 Å². The van der Waals surface area contributed by atoms with Crippen LogP contribution in [0.2, 0.25) is 0 Å². The fraction of sp³-hybridized carbons (Fsp3) is 0.688. The summed E-state index contributed by atoms with van der Waals surface area (Å²) >= 11 is 1.58. The topological polar surface area (TPSA) is 53.5 Å². The van der Waals surface area contributed by atoms with Gasteiger partial charge >= 0.3 is 0 Å². The molecule has 120 valence electrons. The number of likely N-dealkylation sites (tertiary alicyclic amines) is 1. The van der Waals surface area contributed by atoms with Crippen molar-refractivity contribution in [2.24, 2.45) is 11.8 Å². The number of carbonyl (C=O) groups is 2. The second-order valence-corrected chi connectivity index (χ2v) is 7.32. The predicted octanol–water partition coefficient (Wildman–Crippen LogP) is 2.31. The smallest absolute Gasteiger partial charge is 0.226 e. The van der Waals surface area contributed by atoms with Crippen molar-refractivity contribution < 1.29 is 9.59 Å². The molecule has 1 saturated heterocycles. The van der Waals surface area contributed by atoms with E-state index in [1.54, 1.807) is 16.8 Å². The summed E-state index contributed by atoms with van der Waals surface area (Å²) in [5, 5.41) is 0. The van der Waals surface area contributed by atoms with E-state index in [-0.39, 0.29) is 23.8 Å². The fourth-order valence-corrected chi connectivity index (χ4v) is 3.76. The summed E-state index contributed by atoms with van der Waals surface area (Å²) in [7, 11) is 1.87. The van der Waals surface area contributed by atoms with E-state index in [0.717, 1.165) is 43.6 Å². The second kappa shape index (κ2) is 6.36. The number of nitrogens with zero attached hydrogens (tertiary/aromatic N) is 3. The Kier molecular flexibility index (Phi) is 4.47. The number of piperidine rings is 1. The average molecular weight is 321 g/mol. The van der Waals surface area contributed by atoms with Gasteiger partial charge in [-0.25, -0.2) is 0 Å². The molecule has 1 aromatic rings. The van der Waals surface area contributed by atoms with Gasteiger partial charge < -0.3 is 9.80 Å². The molecule has 6 heteroatoms. The van der Waals surface area contributed by atoms with E-state index in [0.29, 0.717) is 5.91 Å². The highest BCUT2D eigenvalue weighted by atomic mass is 32.1. The number of amides is 2. The van der Waals surface area contributed by atoms with Crippen LogP contribution in [0.25, 0.3) is 0 Å². The van der Waals surface area contributed by atoms with Gasteiger partial charge in [0.1, 0.15) is 0 Å². The van der Waals surface area contributed by atoms with Crippen molar-refractivity contribution in [1.29, 1.82) is 0 Å². The quantitative estimate of drug-likeness (QED) is 0.855. The summed E-state index contributed by atoms with van der Waals surface area (Å²) in [5.41, 5.74) is 1.80. The minimum atomic E-state index is 0.0450. The molecule has 0 N–H and O–H groups in total. The van der Waals surface area contributed by atoms with Crippen molar-refractivity contribution >= 4 is 23.2 Å². The highest BCUT2D eigenvalue weighted by Crippen LogP contribution is 2.33. The maximum Gasteiger partial charge on any atom is 0.226 e. The molecule has 1 aromatic heterocycles. The van der Waals surface area contributed by atoms with E-state index in [9.17, 15) is 9.59 Å². The van der Waals surface area contributed by atoms with E-state index in [1.807, 2.05) is 30.0 Å². The van der Waals surface area contributed by atoms with Crippen LogP contribution < -0.4 is 0 Å². The third-order valence-corrected chi connectivity index (χ3v) is 5.82. The summed E-state index contributed by atoms with van der Waals surface area (Å²) in [4.78, 5) is 33.7. The standard InChI is InChI=1S/C16H23N3O2S/c1-11(14-9-17-10-22-14)18(2)15(20)13-5-7-19(8-6-13)16(21)12-3-4-12/h9-13H,3-8H2,1-2H3. The molecular formula is C16H23N3O2S. The lowest BCUT2D eigenvalue weighted by Crippen LogP contribution is -2.44. The van der Waals surface area contributed by atoms with Crippen LogP contribution in [0.3, 0.4) is 0 Å². The molecule has 0 bridgehead atoms. The van der Waals surface area contributed by atoms with Gasteiger partial charge in [-0.1, -0.05) is 0 Å². The summed E-state index contributed by atoms with van der Waals surface area (Å²) in [5.74, 6) is 0.821. The number of rotatable bonds is 4. The van der Waals surface area contributed by atoms with Crippen LogP contribution in [0.4, 0.5) is 0 Å². The Labute approximate surface area is 135 Å². The molecule has 1 unspecified atom stereocenters. The number of hydrogen-bond acceptors (Lipinski definition) is 4. The van der Waals surface area contributed by atoms with Crippen molar-refractivity contribution in [3.63, 3.8) is 0 Å². The summed E-state index contributed by atoms with van der Waals surface area (Å²) < 4.78 is 0. The van der Waals surface area contributed by atoms with Crippen LogP contribution in [0.5, 0.6) is 0 Å². The number of carbonyl (C=O) groups excluding carboxylic acids is 2. The van der Waals surface area contributed by atoms with Crippen LogP contribution in [0, 0.1) is 11.8 Å². The minimum absolute atomic E-state index is 0.0450. The lowest BCUT2D eigenvalue weighted by atomic mass is 9.94. The molecule has 5 nitrogen and oxygen atoms in total. The molecule has 22 heavy (non-hydrogen) atoms. The number of thiazole rings is 1. The van der Waals surface area contributed by atoms with Gasteiger partial charge in [-0.15, -0.1) is 11.3 Å². The second-order valence-electron chi connectivity index (χ2n) is 6.40. The zero-order valence-electron chi connectivity index (χ0n) is 13.2. The first-order chi connectivity index (χ1) is 10.6. The molecule has 3 rings (SSSR count). The van der Waals surface area contributed by atoms with Gasteiger partial charge in [-0.05, 0) is 32.6 Å². The summed E-state index contributed by atoms with van der Waals surface area (Å²) in [6.07, 6.45) is 5.50. The molecule has 2 aliphatic rings. The van der Waals surface area contributed by atoms with Crippen molar-refractivity contribution in [2.75, 3.05) is 20.1 Å². The van der Waals surface area contributed by atoms with Gasteiger partial charge in [-0.2, -0.15) is 0 Å². The highest BCUT2D eigenvalue weighted by molar-refractivity contribution is 7.09. The molecule has 1 aliphatic heterocycles. The van der Waals surface area contributed by atoms with Crippen LogP contribution in [0.15, 0.2) is 11.7 Å². The Bertz CT molecular complexity index is 534. The lowest BCUT2D eigenvalue weighted by molar-refractivity contribution is -0.141. The highest BCUT2D eigenvalue weighted by Gasteiger charge is 2.36. The first-order valence-corrected chi connectivity index (χ1v) is 8.89. The maximum absolute atomic E-state index is 12.7. The van der Waals surface area contributed by atoms with E-state index in [4.69, 9.17) is 0 Å². The van der Waals surface area contributed by atoms with Gasteiger partial charge in [0.25, 0.3) is 0 Å². The van der Waals surface area contributed by atoms with Crippen LogP contribution in [0.1, 0.15) is 43.5 Å². The predicted molar refractivity (Wildman–Crippen MR) is 85.3 cm³/mol. The minimum Gasteiger partial charge on any atom is -0.342 e. The van der Waals surface area contributed by atoms with Crippen molar-refractivity contribution in [2.45, 2.75) is 38.6 Å². The van der Waals surface area contributed by atoms with Gasteiger partial charge in [0.15, 0.2) is 0 Å². The Hall–Kier alpha value is -1.43. The van der Waals surface area contributed by atoms with Crippen LogP contribution in [-0.2, 0) is 9.59 Å². The first kappa shape index (κ1) is 15.5. The summed E-state index contributed by atoms with van der Waals surface area (Å²) in [6.45, 7) is 3.50. The Morgan fingerprint density at radius 3 is 2.50 bits per heavy atom.